The normalized spacial score (nSPS) is 15.8. The Bertz CT molecular complexity index is 327. The highest BCUT2D eigenvalue weighted by atomic mass is 16.5. The van der Waals surface area contributed by atoms with Crippen LogP contribution < -0.4 is 0 Å². The van der Waals surface area contributed by atoms with E-state index < -0.39 is 0 Å². The van der Waals surface area contributed by atoms with E-state index in [0.717, 1.165) is 0 Å². The van der Waals surface area contributed by atoms with Gasteiger partial charge in [0.1, 0.15) is 0 Å². The summed E-state index contributed by atoms with van der Waals surface area (Å²) >= 11 is 0. The van der Waals surface area contributed by atoms with Crippen molar-refractivity contribution in [2.75, 3.05) is 21.3 Å². The summed E-state index contributed by atoms with van der Waals surface area (Å²) in [5, 5.41) is 0. The highest BCUT2D eigenvalue weighted by Gasteiger charge is 2.13. The van der Waals surface area contributed by atoms with Crippen molar-refractivity contribution in [2.24, 2.45) is 0 Å². The van der Waals surface area contributed by atoms with Crippen molar-refractivity contribution in [3.8, 4) is 0 Å². The van der Waals surface area contributed by atoms with Crippen molar-refractivity contribution < 1.29 is 14.2 Å². The molecule has 3 nitrogen and oxygen atoms in total. The fraction of sp³-hybridized carbons (Fsp3) is 0.273. The second-order valence-corrected chi connectivity index (χ2v) is 2.77. The van der Waals surface area contributed by atoms with Crippen LogP contribution in [0.5, 0.6) is 0 Å². The zero-order valence-corrected chi connectivity index (χ0v) is 9.19. The molecule has 0 saturated heterocycles. The van der Waals surface area contributed by atoms with Gasteiger partial charge in [-0.25, -0.2) is 0 Å². The van der Waals surface area contributed by atoms with E-state index in [1.54, 1.807) is 21.3 Å². The van der Waals surface area contributed by atoms with Crippen LogP contribution in [-0.2, 0) is 14.2 Å². The summed E-state index contributed by atoms with van der Waals surface area (Å²) in [6, 6.07) is 0. The predicted octanol–water partition coefficient (Wildman–Crippen LogP) is 1.77. The Morgan fingerprint density at radius 1 is 0.933 bits per heavy atom. The van der Waals surface area contributed by atoms with E-state index in [0.29, 0.717) is 17.2 Å². The van der Waals surface area contributed by atoms with Crippen molar-refractivity contribution >= 4 is 7.28 Å². The molecule has 1 aliphatic rings. The number of hydrogen-bond donors (Lipinski definition) is 0. The summed E-state index contributed by atoms with van der Waals surface area (Å²) < 4.78 is 15.7. The molecular weight excluding hydrogens is 191 g/mol. The number of allylic oxidation sites excluding steroid dienone is 4. The molecular formula is C11H14BO3. The highest BCUT2D eigenvalue weighted by molar-refractivity contribution is 6.50. The molecule has 0 aromatic heterocycles. The summed E-state index contributed by atoms with van der Waals surface area (Å²) in [5.74, 6) is 3.09. The van der Waals surface area contributed by atoms with Gasteiger partial charge >= 0.3 is 0 Å². The van der Waals surface area contributed by atoms with Gasteiger partial charge in [-0.2, -0.15) is 0 Å². The third-order valence-electron chi connectivity index (χ3n) is 1.92. The molecule has 0 spiro atoms. The molecule has 0 N–H and O–H groups in total. The maximum Gasteiger partial charge on any atom is 0.236 e. The quantitative estimate of drug-likeness (QED) is 0.657. The molecule has 0 atom stereocenters. The van der Waals surface area contributed by atoms with Gasteiger partial charge in [-0.1, -0.05) is 18.2 Å². The van der Waals surface area contributed by atoms with Crippen molar-refractivity contribution in [1.82, 2.24) is 0 Å². The summed E-state index contributed by atoms with van der Waals surface area (Å²) in [6.45, 7) is 0. The molecule has 79 valence electrons. The summed E-state index contributed by atoms with van der Waals surface area (Å²) in [7, 11) is 6.59. The number of ether oxygens (including phenoxy) is 3. The Morgan fingerprint density at radius 3 is 2.33 bits per heavy atom. The van der Waals surface area contributed by atoms with E-state index in [1.165, 1.54) is 0 Å². The molecule has 1 heterocycles. The van der Waals surface area contributed by atoms with Gasteiger partial charge in [0, 0.05) is 0 Å². The van der Waals surface area contributed by atoms with Gasteiger partial charge in [-0.15, -0.1) is 5.98 Å². The first-order valence-electron chi connectivity index (χ1n) is 4.58. The third-order valence-corrected chi connectivity index (χ3v) is 1.92. The molecule has 1 radical (unpaired) electrons. The first kappa shape index (κ1) is 11.5. The minimum atomic E-state index is 0.580. The molecule has 4 heteroatoms. The average molecular weight is 205 g/mol. The number of methoxy groups -OCH3 is 3. The Kier molecular flexibility index (Phi) is 4.61. The molecule has 0 amide bonds. The predicted molar refractivity (Wildman–Crippen MR) is 60.2 cm³/mol. The highest BCUT2D eigenvalue weighted by Crippen LogP contribution is 2.17. The maximum absolute atomic E-state index is 5.25. The van der Waals surface area contributed by atoms with Crippen molar-refractivity contribution in [3.05, 3.63) is 47.5 Å². The Balaban J connectivity index is 3.13. The van der Waals surface area contributed by atoms with Gasteiger partial charge in [0.25, 0.3) is 0 Å². The summed E-state index contributed by atoms with van der Waals surface area (Å²) in [4.78, 5) is 0. The Morgan fingerprint density at radius 2 is 1.73 bits per heavy atom. The number of rotatable bonds is 3. The molecule has 0 aromatic carbocycles. The van der Waals surface area contributed by atoms with E-state index in [4.69, 9.17) is 14.2 Å². The van der Waals surface area contributed by atoms with E-state index >= 15 is 0 Å². The second-order valence-electron chi connectivity index (χ2n) is 2.77. The zero-order valence-electron chi connectivity index (χ0n) is 9.19. The van der Waals surface area contributed by atoms with Crippen LogP contribution in [-0.4, -0.2) is 28.6 Å². The molecule has 0 bridgehead atoms. The van der Waals surface area contributed by atoms with Crippen LogP contribution in [0.4, 0.5) is 0 Å². The third kappa shape index (κ3) is 2.94. The van der Waals surface area contributed by atoms with Crippen LogP contribution in [0.1, 0.15) is 0 Å². The summed E-state index contributed by atoms with van der Waals surface area (Å²) in [5.41, 5.74) is 0.630. The van der Waals surface area contributed by atoms with Crippen LogP contribution in [0.25, 0.3) is 0 Å². The lowest BCUT2D eigenvalue weighted by Gasteiger charge is -2.13. The van der Waals surface area contributed by atoms with Crippen LogP contribution >= 0.6 is 0 Å². The largest absolute Gasteiger partial charge is 0.508 e. The lowest BCUT2D eigenvalue weighted by atomic mass is 9.75. The van der Waals surface area contributed by atoms with E-state index in [9.17, 15) is 0 Å². The fourth-order valence-electron chi connectivity index (χ4n) is 1.21. The first-order valence-corrected chi connectivity index (χ1v) is 4.58. The van der Waals surface area contributed by atoms with Crippen LogP contribution in [0.15, 0.2) is 47.5 Å². The molecule has 0 aromatic rings. The average Bonchev–Trinajstić information content (AvgIpc) is 2.37. The smallest absolute Gasteiger partial charge is 0.236 e. The molecule has 0 saturated carbocycles. The van der Waals surface area contributed by atoms with Gasteiger partial charge in [0.05, 0.1) is 27.0 Å². The van der Waals surface area contributed by atoms with Gasteiger partial charge < -0.3 is 14.2 Å². The van der Waals surface area contributed by atoms with Gasteiger partial charge in [0.15, 0.2) is 11.5 Å². The Labute approximate surface area is 91.0 Å². The van der Waals surface area contributed by atoms with Gasteiger partial charge in [-0.05, 0) is 6.08 Å². The molecule has 15 heavy (non-hydrogen) atoms. The lowest BCUT2D eigenvalue weighted by Crippen LogP contribution is -2.06. The first-order chi connectivity index (χ1) is 7.33. The monoisotopic (exact) mass is 205 g/mol. The lowest BCUT2D eigenvalue weighted by molar-refractivity contribution is 0.195. The van der Waals surface area contributed by atoms with Crippen molar-refractivity contribution in [2.45, 2.75) is 0 Å². The molecule has 0 aliphatic carbocycles. The zero-order chi connectivity index (χ0) is 11.1. The Hall–Kier alpha value is -1.58. The second kappa shape index (κ2) is 6.01. The molecule has 1 aliphatic heterocycles. The van der Waals surface area contributed by atoms with Crippen LogP contribution in [0, 0.1) is 0 Å². The van der Waals surface area contributed by atoms with Gasteiger partial charge in [-0.3, -0.25) is 0 Å². The maximum atomic E-state index is 5.25. The minimum Gasteiger partial charge on any atom is -0.508 e. The van der Waals surface area contributed by atoms with Gasteiger partial charge in [0.2, 0.25) is 7.28 Å². The van der Waals surface area contributed by atoms with Crippen LogP contribution in [0.3, 0.4) is 0 Å². The number of hydrogen-bond acceptors (Lipinski definition) is 3. The summed E-state index contributed by atoms with van der Waals surface area (Å²) in [6.07, 6.45) is 7.50. The van der Waals surface area contributed by atoms with Crippen LogP contribution in [0.2, 0.25) is 0 Å². The molecule has 1 rings (SSSR count). The van der Waals surface area contributed by atoms with E-state index in [1.807, 2.05) is 37.6 Å². The minimum absolute atomic E-state index is 0.580. The van der Waals surface area contributed by atoms with Crippen molar-refractivity contribution in [3.63, 3.8) is 0 Å². The topological polar surface area (TPSA) is 27.7 Å². The SMILES string of the molecule is COC1=CC=CC=C[B]C(OC)=C1OC. The standard InChI is InChI=1S/C11H14BO3/c1-13-9-7-5-4-6-8-12-11(15-3)10(9)14-2/h4-8H,1-3H3. The van der Waals surface area contributed by atoms with E-state index in [2.05, 4.69) is 0 Å². The van der Waals surface area contributed by atoms with E-state index in [-0.39, 0.29) is 0 Å². The van der Waals surface area contributed by atoms with Crippen molar-refractivity contribution in [1.29, 1.82) is 0 Å². The molecule has 0 unspecified atom stereocenters. The fourth-order valence-corrected chi connectivity index (χ4v) is 1.21. The molecule has 0 fully saturated rings.